The van der Waals surface area contributed by atoms with Crippen molar-refractivity contribution in [3.63, 3.8) is 0 Å². The molecule has 2 aromatic heterocycles. The molecule has 1 fully saturated rings. The molecule has 1 aliphatic heterocycles. The Morgan fingerprint density at radius 3 is 3.14 bits per heavy atom. The van der Waals surface area contributed by atoms with Crippen molar-refractivity contribution >= 4 is 17.4 Å². The number of likely N-dealkylation sites (tertiary alicyclic amines) is 1. The number of nitrogens with one attached hydrogen (secondary N) is 1. The Hall–Kier alpha value is -2.08. The molecule has 0 spiro atoms. The van der Waals surface area contributed by atoms with E-state index in [1.165, 1.54) is 9.75 Å². The van der Waals surface area contributed by atoms with E-state index < -0.39 is 0 Å². The lowest BCUT2D eigenvalue weighted by Gasteiger charge is -2.17. The Labute approximate surface area is 133 Å². The minimum atomic E-state index is -0.0247. The first-order chi connectivity index (χ1) is 10.7. The van der Waals surface area contributed by atoms with Gasteiger partial charge in [0, 0.05) is 28.9 Å². The zero-order valence-corrected chi connectivity index (χ0v) is 13.3. The van der Waals surface area contributed by atoms with Gasteiger partial charge in [-0.15, -0.1) is 11.3 Å². The van der Waals surface area contributed by atoms with Crippen molar-refractivity contribution in [2.45, 2.75) is 26.0 Å². The fraction of sp³-hybridized carbons (Fsp3) is 0.375. The van der Waals surface area contributed by atoms with Gasteiger partial charge < -0.3 is 15.0 Å². The van der Waals surface area contributed by atoms with E-state index in [0.29, 0.717) is 13.1 Å². The topological polar surface area (TPSA) is 54.5 Å². The average molecular weight is 317 g/mol. The number of urea groups is 1. The summed E-state index contributed by atoms with van der Waals surface area (Å²) in [7, 11) is 0. The predicted octanol–water partition coefficient (Wildman–Crippen LogP) is 2.81. The van der Waals surface area contributed by atoms with E-state index in [-0.39, 0.29) is 12.1 Å². The average Bonchev–Trinajstić information content (AvgIpc) is 3.15. The molecule has 2 aromatic rings. The molecular weight excluding hydrogens is 298 g/mol. The van der Waals surface area contributed by atoms with Crippen molar-refractivity contribution < 1.29 is 9.53 Å². The Bertz CT molecular complexity index is 629. The summed E-state index contributed by atoms with van der Waals surface area (Å²) in [6.07, 6.45) is 4.30. The maximum atomic E-state index is 12.2. The SMILES string of the molecule is Cc1ccc(CNC(=O)N2CC[C@@H](Oc3cccnc3)C2)s1. The van der Waals surface area contributed by atoms with Crippen LogP contribution in [0, 0.1) is 6.92 Å². The molecule has 1 saturated heterocycles. The third kappa shape index (κ3) is 3.76. The molecule has 1 N–H and O–H groups in total. The molecule has 0 saturated carbocycles. The fourth-order valence-electron chi connectivity index (χ4n) is 2.47. The number of amides is 2. The molecule has 2 amide bonds. The quantitative estimate of drug-likeness (QED) is 0.943. The van der Waals surface area contributed by atoms with Crippen LogP contribution in [0.25, 0.3) is 0 Å². The van der Waals surface area contributed by atoms with Gasteiger partial charge in [-0.1, -0.05) is 0 Å². The van der Waals surface area contributed by atoms with Crippen LogP contribution in [0.2, 0.25) is 0 Å². The zero-order chi connectivity index (χ0) is 15.4. The number of rotatable bonds is 4. The Morgan fingerprint density at radius 2 is 2.41 bits per heavy atom. The minimum Gasteiger partial charge on any atom is -0.487 e. The van der Waals surface area contributed by atoms with E-state index in [9.17, 15) is 4.79 Å². The van der Waals surface area contributed by atoms with Crippen LogP contribution in [0.3, 0.4) is 0 Å². The van der Waals surface area contributed by atoms with Crippen LogP contribution < -0.4 is 10.1 Å². The lowest BCUT2D eigenvalue weighted by atomic mass is 10.3. The highest BCUT2D eigenvalue weighted by Crippen LogP contribution is 2.18. The van der Waals surface area contributed by atoms with E-state index in [1.807, 2.05) is 17.0 Å². The number of nitrogens with zero attached hydrogens (tertiary/aromatic N) is 2. The van der Waals surface area contributed by atoms with Gasteiger partial charge in [-0.05, 0) is 31.2 Å². The first kappa shape index (κ1) is 14.8. The highest BCUT2D eigenvalue weighted by atomic mass is 32.1. The number of aromatic nitrogens is 1. The van der Waals surface area contributed by atoms with Gasteiger partial charge in [0.25, 0.3) is 0 Å². The lowest BCUT2D eigenvalue weighted by molar-refractivity contribution is 0.186. The summed E-state index contributed by atoms with van der Waals surface area (Å²) in [6.45, 7) is 3.99. The highest BCUT2D eigenvalue weighted by Gasteiger charge is 2.27. The lowest BCUT2D eigenvalue weighted by Crippen LogP contribution is -2.38. The Balaban J connectivity index is 1.46. The van der Waals surface area contributed by atoms with Crippen LogP contribution >= 0.6 is 11.3 Å². The third-order valence-electron chi connectivity index (χ3n) is 3.58. The number of ether oxygens (including phenoxy) is 1. The van der Waals surface area contributed by atoms with Gasteiger partial charge >= 0.3 is 6.03 Å². The Kier molecular flexibility index (Phi) is 4.58. The molecular formula is C16H19N3O2S. The van der Waals surface area contributed by atoms with Gasteiger partial charge in [0.1, 0.15) is 11.9 Å². The number of hydrogen-bond donors (Lipinski definition) is 1. The van der Waals surface area contributed by atoms with Crippen molar-refractivity contribution in [3.05, 3.63) is 46.4 Å². The van der Waals surface area contributed by atoms with E-state index in [0.717, 1.165) is 18.7 Å². The van der Waals surface area contributed by atoms with Crippen molar-refractivity contribution in [1.29, 1.82) is 0 Å². The van der Waals surface area contributed by atoms with Crippen LogP contribution in [0.15, 0.2) is 36.7 Å². The van der Waals surface area contributed by atoms with Crippen LogP contribution in [0.4, 0.5) is 4.79 Å². The number of thiophene rings is 1. The fourth-order valence-corrected chi connectivity index (χ4v) is 3.30. The summed E-state index contributed by atoms with van der Waals surface area (Å²) >= 11 is 1.71. The summed E-state index contributed by atoms with van der Waals surface area (Å²) < 4.78 is 5.84. The molecule has 0 radical (unpaired) electrons. The standard InChI is InChI=1S/C16H19N3O2S/c1-12-4-5-15(22-12)10-18-16(20)19-8-6-14(11-19)21-13-3-2-7-17-9-13/h2-5,7,9,14H,6,8,10-11H2,1H3,(H,18,20)/t14-/m1/s1. The number of carbonyl (C=O) groups is 1. The van der Waals surface area contributed by atoms with Crippen LogP contribution in [-0.4, -0.2) is 35.1 Å². The van der Waals surface area contributed by atoms with Crippen molar-refractivity contribution in [2.24, 2.45) is 0 Å². The van der Waals surface area contributed by atoms with Crippen molar-refractivity contribution in [3.8, 4) is 5.75 Å². The molecule has 6 heteroatoms. The first-order valence-corrected chi connectivity index (χ1v) is 8.17. The van der Waals surface area contributed by atoms with E-state index >= 15 is 0 Å². The van der Waals surface area contributed by atoms with Crippen LogP contribution in [0.5, 0.6) is 5.75 Å². The van der Waals surface area contributed by atoms with Gasteiger partial charge in [0.2, 0.25) is 0 Å². The van der Waals surface area contributed by atoms with Gasteiger partial charge in [-0.2, -0.15) is 0 Å². The molecule has 0 unspecified atom stereocenters. The third-order valence-corrected chi connectivity index (χ3v) is 4.58. The smallest absolute Gasteiger partial charge is 0.317 e. The molecule has 1 atom stereocenters. The normalized spacial score (nSPS) is 17.5. The molecule has 0 aliphatic carbocycles. The summed E-state index contributed by atoms with van der Waals surface area (Å²) in [5.41, 5.74) is 0. The maximum absolute atomic E-state index is 12.2. The largest absolute Gasteiger partial charge is 0.487 e. The summed E-state index contributed by atoms with van der Waals surface area (Å²) in [5, 5.41) is 2.97. The molecule has 3 rings (SSSR count). The Morgan fingerprint density at radius 1 is 1.50 bits per heavy atom. The molecule has 0 bridgehead atoms. The predicted molar refractivity (Wildman–Crippen MR) is 86.1 cm³/mol. The summed E-state index contributed by atoms with van der Waals surface area (Å²) in [6, 6.07) is 7.83. The summed E-state index contributed by atoms with van der Waals surface area (Å²) in [4.78, 5) is 20.4. The molecule has 3 heterocycles. The second-order valence-corrected chi connectivity index (χ2v) is 6.71. The highest BCUT2D eigenvalue weighted by molar-refractivity contribution is 7.11. The monoisotopic (exact) mass is 317 g/mol. The molecule has 1 aliphatic rings. The van der Waals surface area contributed by atoms with E-state index in [1.54, 1.807) is 23.7 Å². The maximum Gasteiger partial charge on any atom is 0.317 e. The second-order valence-electron chi connectivity index (χ2n) is 5.33. The first-order valence-electron chi connectivity index (χ1n) is 7.35. The van der Waals surface area contributed by atoms with E-state index in [2.05, 4.69) is 29.4 Å². The van der Waals surface area contributed by atoms with Gasteiger partial charge in [0.15, 0.2) is 0 Å². The minimum absolute atomic E-state index is 0.0247. The number of hydrogen-bond acceptors (Lipinski definition) is 4. The number of aryl methyl sites for hydroxylation is 1. The van der Waals surface area contributed by atoms with Crippen molar-refractivity contribution in [1.82, 2.24) is 15.2 Å². The van der Waals surface area contributed by atoms with Gasteiger partial charge in [-0.25, -0.2) is 4.79 Å². The van der Waals surface area contributed by atoms with Crippen LogP contribution in [0.1, 0.15) is 16.2 Å². The number of carbonyl (C=O) groups excluding carboxylic acids is 1. The number of pyridine rings is 1. The van der Waals surface area contributed by atoms with E-state index in [4.69, 9.17) is 4.74 Å². The zero-order valence-electron chi connectivity index (χ0n) is 12.5. The van der Waals surface area contributed by atoms with Gasteiger partial charge in [-0.3, -0.25) is 4.98 Å². The molecule has 116 valence electrons. The molecule has 0 aromatic carbocycles. The second kappa shape index (κ2) is 6.79. The summed E-state index contributed by atoms with van der Waals surface area (Å²) in [5.74, 6) is 0.754. The molecule has 22 heavy (non-hydrogen) atoms. The molecule has 5 nitrogen and oxygen atoms in total. The van der Waals surface area contributed by atoms with Crippen LogP contribution in [-0.2, 0) is 6.54 Å². The van der Waals surface area contributed by atoms with Gasteiger partial charge in [0.05, 0.1) is 19.3 Å². The van der Waals surface area contributed by atoms with Crippen molar-refractivity contribution in [2.75, 3.05) is 13.1 Å².